The molecule has 1 unspecified atom stereocenters. The van der Waals surface area contributed by atoms with E-state index in [0.29, 0.717) is 11.3 Å². The molecule has 0 spiro atoms. The summed E-state index contributed by atoms with van der Waals surface area (Å²) in [5.74, 6) is -0.180. The van der Waals surface area contributed by atoms with Crippen molar-refractivity contribution >= 4 is 17.5 Å². The number of rotatable bonds is 2. The van der Waals surface area contributed by atoms with Crippen LogP contribution in [0.15, 0.2) is 88.9 Å². The highest BCUT2D eigenvalue weighted by atomic mass is 16.2. The van der Waals surface area contributed by atoms with E-state index in [1.165, 1.54) is 5.57 Å². The molecule has 3 aliphatic rings. The largest absolute Gasteiger partial charge is 0.325 e. The zero-order chi connectivity index (χ0) is 19.8. The van der Waals surface area contributed by atoms with Crippen molar-refractivity contribution in [1.82, 2.24) is 9.88 Å². The number of carbonyl (C=O) groups is 2. The lowest BCUT2D eigenvalue weighted by atomic mass is 9.77. The van der Waals surface area contributed by atoms with Crippen molar-refractivity contribution in [2.45, 2.75) is 25.7 Å². The van der Waals surface area contributed by atoms with Crippen molar-refractivity contribution in [3.8, 4) is 5.69 Å². The summed E-state index contributed by atoms with van der Waals surface area (Å²) in [7, 11) is 0. The zero-order valence-corrected chi connectivity index (χ0v) is 16.0. The van der Waals surface area contributed by atoms with Crippen LogP contribution in [0.5, 0.6) is 0 Å². The summed E-state index contributed by atoms with van der Waals surface area (Å²) in [5, 5.41) is 3.00. The van der Waals surface area contributed by atoms with E-state index in [0.717, 1.165) is 42.6 Å². The molecule has 0 fully saturated rings. The summed E-state index contributed by atoms with van der Waals surface area (Å²) < 4.78 is 1.98. The smallest absolute Gasteiger partial charge is 0.277 e. The fourth-order valence-corrected chi connectivity index (χ4v) is 4.29. The van der Waals surface area contributed by atoms with E-state index in [-0.39, 0.29) is 17.7 Å². The summed E-state index contributed by atoms with van der Waals surface area (Å²) in [6.45, 7) is 0. The maximum Gasteiger partial charge on any atom is 0.277 e. The van der Waals surface area contributed by atoms with E-state index >= 15 is 0 Å². The van der Waals surface area contributed by atoms with E-state index in [2.05, 4.69) is 16.4 Å². The maximum atomic E-state index is 12.6. The number of amides is 2. The molecule has 2 heterocycles. The maximum absolute atomic E-state index is 12.6. The Balaban J connectivity index is 1.38. The molecular weight excluding hydrogens is 362 g/mol. The monoisotopic (exact) mass is 383 g/mol. The molecule has 5 rings (SSSR count). The molecule has 1 N–H and O–H groups in total. The predicted molar refractivity (Wildman–Crippen MR) is 112 cm³/mol. The lowest BCUT2D eigenvalue weighted by Gasteiger charge is -2.33. The average Bonchev–Trinajstić information content (AvgIpc) is 3.29. The van der Waals surface area contributed by atoms with Gasteiger partial charge in [0.15, 0.2) is 0 Å². The van der Waals surface area contributed by atoms with Gasteiger partial charge in [0.2, 0.25) is 0 Å². The molecule has 1 aromatic heterocycles. The molecule has 2 amide bonds. The number of nitrogens with one attached hydrogen (secondary N) is 1. The van der Waals surface area contributed by atoms with E-state index in [1.54, 1.807) is 12.1 Å². The molecular formula is C24H21N3O2. The first-order valence-electron chi connectivity index (χ1n) is 9.98. The van der Waals surface area contributed by atoms with Crippen LogP contribution in [-0.2, 0) is 4.79 Å². The van der Waals surface area contributed by atoms with Gasteiger partial charge in [0, 0.05) is 40.8 Å². The van der Waals surface area contributed by atoms with Gasteiger partial charge in [-0.2, -0.15) is 0 Å². The van der Waals surface area contributed by atoms with E-state index in [1.807, 2.05) is 53.4 Å². The Kier molecular flexibility index (Phi) is 4.35. The second-order valence-corrected chi connectivity index (χ2v) is 7.58. The van der Waals surface area contributed by atoms with Gasteiger partial charge >= 0.3 is 0 Å². The van der Waals surface area contributed by atoms with Crippen LogP contribution < -0.4 is 5.32 Å². The molecule has 29 heavy (non-hydrogen) atoms. The fraction of sp³-hybridized carbons (Fsp3) is 0.208. The molecule has 5 heteroatoms. The Hall–Kier alpha value is -3.47. The second kappa shape index (κ2) is 7.17. The van der Waals surface area contributed by atoms with Crippen LogP contribution in [0, 0.1) is 5.92 Å². The van der Waals surface area contributed by atoms with Gasteiger partial charge in [-0.05, 0) is 79.8 Å². The van der Waals surface area contributed by atoms with Crippen LogP contribution in [0.3, 0.4) is 0 Å². The van der Waals surface area contributed by atoms with Gasteiger partial charge < -0.3 is 9.88 Å². The Morgan fingerprint density at radius 3 is 2.62 bits per heavy atom. The third kappa shape index (κ3) is 3.29. The molecule has 2 aromatic rings. The molecule has 5 nitrogen and oxygen atoms in total. The number of nitrogens with zero attached hydrogens (tertiary/aromatic N) is 2. The minimum Gasteiger partial charge on any atom is -0.325 e. The van der Waals surface area contributed by atoms with Gasteiger partial charge in [-0.3, -0.25) is 9.59 Å². The van der Waals surface area contributed by atoms with Crippen molar-refractivity contribution in [1.29, 1.82) is 0 Å². The molecule has 1 aliphatic heterocycles. The number of hydrogen-bond donors (Lipinski definition) is 1. The Morgan fingerprint density at radius 2 is 1.83 bits per heavy atom. The number of fused-ring (bicyclic) bond motifs is 2. The first kappa shape index (κ1) is 17.6. The van der Waals surface area contributed by atoms with Crippen LogP contribution in [0.2, 0.25) is 0 Å². The lowest BCUT2D eigenvalue weighted by molar-refractivity contribution is -0.117. The quantitative estimate of drug-likeness (QED) is 0.848. The molecule has 144 valence electrons. The molecule has 0 radical (unpaired) electrons. The average molecular weight is 383 g/mol. The number of aromatic nitrogens is 1. The third-order valence-electron chi connectivity index (χ3n) is 5.76. The summed E-state index contributed by atoms with van der Waals surface area (Å²) in [6, 6.07) is 11.3. The predicted octanol–water partition coefficient (Wildman–Crippen LogP) is 4.13. The number of hydrogen-bond acceptors (Lipinski definition) is 2. The normalized spacial score (nSPS) is 22.1. The number of aliphatic imine (C=N–C) groups is 1. The number of carbonyl (C=O) groups excluding carboxylic acids is 2. The van der Waals surface area contributed by atoms with Crippen molar-refractivity contribution in [3.05, 3.63) is 89.4 Å². The van der Waals surface area contributed by atoms with Crippen LogP contribution in [0.1, 0.15) is 36.0 Å². The summed E-state index contributed by atoms with van der Waals surface area (Å²) in [4.78, 5) is 29.3. The molecule has 1 atom stereocenters. The van der Waals surface area contributed by atoms with Gasteiger partial charge in [0.05, 0.1) is 5.71 Å². The van der Waals surface area contributed by atoms with Crippen molar-refractivity contribution < 1.29 is 9.59 Å². The molecule has 1 aromatic carbocycles. The highest BCUT2D eigenvalue weighted by Gasteiger charge is 2.33. The second-order valence-electron chi connectivity index (χ2n) is 7.58. The van der Waals surface area contributed by atoms with E-state index < -0.39 is 0 Å². The van der Waals surface area contributed by atoms with Crippen LogP contribution in [0.25, 0.3) is 5.69 Å². The Bertz CT molecular complexity index is 1100. The van der Waals surface area contributed by atoms with Crippen LogP contribution in [0.4, 0.5) is 0 Å². The van der Waals surface area contributed by atoms with E-state index in [9.17, 15) is 9.59 Å². The highest BCUT2D eigenvalue weighted by Crippen LogP contribution is 2.38. The van der Waals surface area contributed by atoms with Gasteiger partial charge in [-0.25, -0.2) is 4.99 Å². The summed E-state index contributed by atoms with van der Waals surface area (Å²) in [6.07, 6.45) is 13.7. The Labute approximate surface area is 169 Å². The van der Waals surface area contributed by atoms with Crippen molar-refractivity contribution in [2.24, 2.45) is 10.9 Å². The number of allylic oxidation sites excluding steroid dienone is 3. The Morgan fingerprint density at radius 1 is 1.07 bits per heavy atom. The number of benzene rings is 1. The first-order chi connectivity index (χ1) is 14.2. The fourth-order valence-electron chi connectivity index (χ4n) is 4.29. The zero-order valence-electron chi connectivity index (χ0n) is 16.0. The standard InChI is InChI=1S/C24H21N3O2/c28-23(16-7-10-18(11-8-16)27-13-3-4-14-27)25-17-9-12-20-19-5-1-2-6-21(19)24(29)26-22(20)15-17/h3-4,7-15,20H,1-2,5-6H2,(H,26,29). The van der Waals surface area contributed by atoms with Gasteiger partial charge in [0.1, 0.15) is 0 Å². The van der Waals surface area contributed by atoms with Gasteiger partial charge in [-0.15, -0.1) is 0 Å². The summed E-state index contributed by atoms with van der Waals surface area (Å²) >= 11 is 0. The van der Waals surface area contributed by atoms with Crippen LogP contribution in [-0.4, -0.2) is 22.1 Å². The minimum atomic E-state index is -0.293. The van der Waals surface area contributed by atoms with Crippen molar-refractivity contribution in [2.75, 3.05) is 0 Å². The SMILES string of the molecule is O=C1NC2=CC(=NC(=O)c3ccc(-n4cccc4)cc3)C=CC2C2=C1CCCC2. The minimum absolute atomic E-state index is 0.00350. The van der Waals surface area contributed by atoms with E-state index in [4.69, 9.17) is 0 Å². The molecule has 2 aliphatic carbocycles. The van der Waals surface area contributed by atoms with Gasteiger partial charge in [0.25, 0.3) is 11.8 Å². The van der Waals surface area contributed by atoms with Crippen LogP contribution >= 0.6 is 0 Å². The first-order valence-corrected chi connectivity index (χ1v) is 9.98. The lowest BCUT2D eigenvalue weighted by Crippen LogP contribution is -2.37. The molecule has 0 bridgehead atoms. The summed E-state index contributed by atoms with van der Waals surface area (Å²) in [5.41, 5.74) is 5.09. The highest BCUT2D eigenvalue weighted by molar-refractivity contribution is 6.14. The molecule has 0 saturated heterocycles. The molecule has 0 saturated carbocycles. The topological polar surface area (TPSA) is 63.5 Å². The third-order valence-corrected chi connectivity index (χ3v) is 5.76. The van der Waals surface area contributed by atoms with Crippen molar-refractivity contribution in [3.63, 3.8) is 0 Å². The van der Waals surface area contributed by atoms with Gasteiger partial charge in [-0.1, -0.05) is 6.08 Å².